The van der Waals surface area contributed by atoms with Crippen LogP contribution in [-0.4, -0.2) is 36.7 Å². The second-order valence-corrected chi connectivity index (χ2v) is 4.71. The maximum atomic E-state index is 11.6. The molecule has 1 N–H and O–H groups in total. The highest BCUT2D eigenvalue weighted by atomic mass is 16.6. The number of benzene rings is 1. The van der Waals surface area contributed by atoms with Crippen LogP contribution in [0.4, 0.5) is 16.2 Å². The highest BCUT2D eigenvalue weighted by molar-refractivity contribution is 5.68. The summed E-state index contributed by atoms with van der Waals surface area (Å²) in [6, 6.07) is 7.41. The summed E-state index contributed by atoms with van der Waals surface area (Å²) in [6.45, 7) is 3.52. The molecule has 1 heterocycles. The van der Waals surface area contributed by atoms with Crippen LogP contribution < -0.4 is 5.32 Å². The summed E-state index contributed by atoms with van der Waals surface area (Å²) >= 11 is 0. The van der Waals surface area contributed by atoms with Gasteiger partial charge in [-0.05, 0) is 37.1 Å². The van der Waals surface area contributed by atoms with Crippen molar-refractivity contribution in [1.82, 2.24) is 4.90 Å². The van der Waals surface area contributed by atoms with Crippen molar-refractivity contribution >= 4 is 17.5 Å². The highest BCUT2D eigenvalue weighted by Crippen LogP contribution is 2.26. The van der Waals surface area contributed by atoms with Crippen LogP contribution in [0.1, 0.15) is 19.8 Å². The topological polar surface area (TPSA) is 71.0 Å². The second kappa shape index (κ2) is 6.88. The molecule has 1 aliphatic heterocycles. The van der Waals surface area contributed by atoms with E-state index >= 15 is 0 Å². The molecular formula is C14H19N3O3. The van der Waals surface area contributed by atoms with Gasteiger partial charge in [0.15, 0.2) is 0 Å². The monoisotopic (exact) mass is 277 g/mol. The normalized spacial score (nSPS) is 15.8. The Morgan fingerprint density at radius 2 is 2.10 bits per heavy atom. The minimum atomic E-state index is -0.249. The standard InChI is InChI=1S/C14H19N3O3/c1-2-20-14(18)17-9-7-11(8-10-17)15-12-5-3-4-6-13(12)16-19/h3-6,11,15H,2,7-10H2,1H3. The first-order valence-corrected chi connectivity index (χ1v) is 6.85. The van der Waals surface area contributed by atoms with E-state index in [-0.39, 0.29) is 12.1 Å². The van der Waals surface area contributed by atoms with Crippen LogP contribution in [-0.2, 0) is 4.74 Å². The van der Waals surface area contributed by atoms with Crippen LogP contribution in [0.2, 0.25) is 0 Å². The number of nitroso groups, excluding NO2 is 1. The van der Waals surface area contributed by atoms with Crippen molar-refractivity contribution in [2.24, 2.45) is 5.18 Å². The van der Waals surface area contributed by atoms with E-state index in [1.165, 1.54) is 0 Å². The molecule has 1 aromatic rings. The van der Waals surface area contributed by atoms with Crippen LogP contribution in [0.25, 0.3) is 0 Å². The van der Waals surface area contributed by atoms with Gasteiger partial charge in [0.1, 0.15) is 5.69 Å². The molecule has 20 heavy (non-hydrogen) atoms. The van der Waals surface area contributed by atoms with Crippen LogP contribution in [0, 0.1) is 4.91 Å². The predicted octanol–water partition coefficient (Wildman–Crippen LogP) is 3.12. The Morgan fingerprint density at radius 3 is 2.75 bits per heavy atom. The Labute approximate surface area is 118 Å². The maximum absolute atomic E-state index is 11.6. The average molecular weight is 277 g/mol. The van der Waals surface area contributed by atoms with Gasteiger partial charge in [0.25, 0.3) is 0 Å². The number of para-hydroxylation sites is 1. The van der Waals surface area contributed by atoms with E-state index in [1.807, 2.05) is 12.1 Å². The van der Waals surface area contributed by atoms with Crippen molar-refractivity contribution in [2.45, 2.75) is 25.8 Å². The third-order valence-electron chi connectivity index (χ3n) is 3.38. The first-order chi connectivity index (χ1) is 9.74. The molecule has 2 rings (SSSR count). The van der Waals surface area contributed by atoms with Gasteiger partial charge in [0.05, 0.1) is 12.3 Å². The minimum Gasteiger partial charge on any atom is -0.450 e. The SMILES string of the molecule is CCOC(=O)N1CCC(Nc2ccccc2N=O)CC1. The van der Waals surface area contributed by atoms with Gasteiger partial charge in [-0.3, -0.25) is 0 Å². The van der Waals surface area contributed by atoms with E-state index in [0.717, 1.165) is 18.5 Å². The average Bonchev–Trinajstić information content (AvgIpc) is 2.49. The number of piperidine rings is 1. The zero-order chi connectivity index (χ0) is 14.4. The molecule has 0 saturated carbocycles. The van der Waals surface area contributed by atoms with Crippen molar-refractivity contribution in [3.63, 3.8) is 0 Å². The minimum absolute atomic E-state index is 0.239. The van der Waals surface area contributed by atoms with Crippen molar-refractivity contribution in [3.05, 3.63) is 29.2 Å². The summed E-state index contributed by atoms with van der Waals surface area (Å²) in [4.78, 5) is 24.0. The lowest BCUT2D eigenvalue weighted by molar-refractivity contribution is 0.0983. The summed E-state index contributed by atoms with van der Waals surface area (Å²) in [5.41, 5.74) is 1.16. The molecule has 6 nitrogen and oxygen atoms in total. The molecule has 0 unspecified atom stereocenters. The van der Waals surface area contributed by atoms with Gasteiger partial charge in [0.2, 0.25) is 0 Å². The third-order valence-corrected chi connectivity index (χ3v) is 3.38. The van der Waals surface area contributed by atoms with E-state index in [0.29, 0.717) is 25.4 Å². The molecule has 0 spiro atoms. The largest absolute Gasteiger partial charge is 0.450 e. The number of carbonyl (C=O) groups excluding carboxylic acids is 1. The molecule has 6 heteroatoms. The summed E-state index contributed by atoms with van der Waals surface area (Å²) < 4.78 is 4.98. The molecule has 0 atom stereocenters. The fourth-order valence-electron chi connectivity index (χ4n) is 2.32. The van der Waals surface area contributed by atoms with Crippen LogP contribution in [0.5, 0.6) is 0 Å². The summed E-state index contributed by atoms with van der Waals surface area (Å²) in [7, 11) is 0. The number of carbonyl (C=O) groups is 1. The Morgan fingerprint density at radius 1 is 1.40 bits per heavy atom. The molecule has 1 aromatic carbocycles. The summed E-state index contributed by atoms with van der Waals surface area (Å²) in [5, 5.41) is 6.33. The lowest BCUT2D eigenvalue weighted by Gasteiger charge is -2.32. The van der Waals surface area contributed by atoms with Gasteiger partial charge in [0, 0.05) is 19.1 Å². The number of nitrogens with zero attached hydrogens (tertiary/aromatic N) is 2. The molecule has 1 amide bonds. The fraction of sp³-hybridized carbons (Fsp3) is 0.500. The molecule has 0 aromatic heterocycles. The van der Waals surface area contributed by atoms with Crippen molar-refractivity contribution < 1.29 is 9.53 Å². The molecule has 1 aliphatic rings. The second-order valence-electron chi connectivity index (χ2n) is 4.71. The number of rotatable bonds is 4. The lowest BCUT2D eigenvalue weighted by atomic mass is 10.0. The molecule has 0 bridgehead atoms. The molecular weight excluding hydrogens is 258 g/mol. The Balaban J connectivity index is 1.88. The van der Waals surface area contributed by atoms with E-state index in [2.05, 4.69) is 10.5 Å². The number of ether oxygens (including phenoxy) is 1. The first kappa shape index (κ1) is 14.3. The Kier molecular flexibility index (Phi) is 4.92. The zero-order valence-corrected chi connectivity index (χ0v) is 11.5. The molecule has 0 aliphatic carbocycles. The number of hydrogen-bond acceptors (Lipinski definition) is 5. The quantitative estimate of drug-likeness (QED) is 0.858. The molecule has 108 valence electrons. The molecule has 1 fully saturated rings. The third kappa shape index (κ3) is 3.46. The van der Waals surface area contributed by atoms with Crippen LogP contribution in [0.3, 0.4) is 0 Å². The van der Waals surface area contributed by atoms with Gasteiger partial charge in [-0.15, -0.1) is 4.91 Å². The number of hydrogen-bond donors (Lipinski definition) is 1. The zero-order valence-electron chi connectivity index (χ0n) is 11.5. The van der Waals surface area contributed by atoms with Gasteiger partial charge >= 0.3 is 6.09 Å². The number of amides is 1. The van der Waals surface area contributed by atoms with E-state index in [9.17, 15) is 9.70 Å². The van der Waals surface area contributed by atoms with Gasteiger partial charge in [-0.1, -0.05) is 12.1 Å². The summed E-state index contributed by atoms with van der Waals surface area (Å²) in [6.07, 6.45) is 1.40. The highest BCUT2D eigenvalue weighted by Gasteiger charge is 2.23. The molecule has 1 saturated heterocycles. The maximum Gasteiger partial charge on any atom is 0.409 e. The van der Waals surface area contributed by atoms with E-state index < -0.39 is 0 Å². The van der Waals surface area contributed by atoms with Crippen molar-refractivity contribution in [2.75, 3.05) is 25.0 Å². The van der Waals surface area contributed by atoms with E-state index in [4.69, 9.17) is 4.74 Å². The number of anilines is 1. The number of likely N-dealkylation sites (tertiary alicyclic amines) is 1. The predicted molar refractivity (Wildman–Crippen MR) is 77.1 cm³/mol. The smallest absolute Gasteiger partial charge is 0.409 e. The first-order valence-electron chi connectivity index (χ1n) is 6.85. The van der Waals surface area contributed by atoms with Gasteiger partial charge in [-0.2, -0.15) is 0 Å². The van der Waals surface area contributed by atoms with Crippen molar-refractivity contribution in [3.8, 4) is 0 Å². The van der Waals surface area contributed by atoms with Crippen molar-refractivity contribution in [1.29, 1.82) is 0 Å². The van der Waals surface area contributed by atoms with Gasteiger partial charge in [-0.25, -0.2) is 4.79 Å². The fourth-order valence-corrected chi connectivity index (χ4v) is 2.32. The Bertz CT molecular complexity index is 470. The Hall–Kier alpha value is -2.11. The van der Waals surface area contributed by atoms with Crippen LogP contribution >= 0.6 is 0 Å². The lowest BCUT2D eigenvalue weighted by Crippen LogP contribution is -2.42. The van der Waals surface area contributed by atoms with E-state index in [1.54, 1.807) is 24.0 Å². The number of nitrogens with one attached hydrogen (secondary N) is 1. The summed E-state index contributed by atoms with van der Waals surface area (Å²) in [5.74, 6) is 0. The van der Waals surface area contributed by atoms with Gasteiger partial charge < -0.3 is 15.0 Å². The van der Waals surface area contributed by atoms with Crippen LogP contribution in [0.15, 0.2) is 29.4 Å². The molecule has 0 radical (unpaired) electrons.